The Morgan fingerprint density at radius 1 is 1.23 bits per heavy atom. The van der Waals surface area contributed by atoms with Crippen molar-refractivity contribution in [3.05, 3.63) is 29.8 Å². The summed E-state index contributed by atoms with van der Waals surface area (Å²) in [5.41, 5.74) is 1.44. The minimum atomic E-state index is -3.29. The zero-order valence-corrected chi connectivity index (χ0v) is 16.4. The summed E-state index contributed by atoms with van der Waals surface area (Å²) < 4.78 is 25.2. The van der Waals surface area contributed by atoms with Gasteiger partial charge in [-0.3, -0.25) is 9.71 Å². The summed E-state index contributed by atoms with van der Waals surface area (Å²) in [4.78, 5) is 4.13. The fourth-order valence-electron chi connectivity index (χ4n) is 1.76. The molecule has 1 aromatic rings. The first-order valence-electron chi connectivity index (χ1n) is 6.96. The summed E-state index contributed by atoms with van der Waals surface area (Å²) in [5, 5.41) is 6.38. The molecule has 0 bridgehead atoms. The lowest BCUT2D eigenvalue weighted by atomic mass is 10.2. The molecule has 0 saturated carbocycles. The number of benzene rings is 1. The maximum atomic E-state index is 11.4. The second-order valence-electron chi connectivity index (χ2n) is 4.74. The van der Waals surface area contributed by atoms with Gasteiger partial charge in [0.1, 0.15) is 0 Å². The van der Waals surface area contributed by atoms with Crippen molar-refractivity contribution in [2.75, 3.05) is 24.6 Å². The fourth-order valence-corrected chi connectivity index (χ4v) is 2.36. The number of hydrogen-bond donors (Lipinski definition) is 3. The highest BCUT2D eigenvalue weighted by atomic mass is 127. The molecule has 0 aliphatic carbocycles. The molecule has 0 aliphatic heterocycles. The molecule has 0 heterocycles. The van der Waals surface area contributed by atoms with Gasteiger partial charge in [-0.15, -0.1) is 24.0 Å². The van der Waals surface area contributed by atoms with E-state index in [-0.39, 0.29) is 24.0 Å². The van der Waals surface area contributed by atoms with Crippen LogP contribution in [0.25, 0.3) is 0 Å². The molecule has 0 aliphatic rings. The highest BCUT2D eigenvalue weighted by Crippen LogP contribution is 2.15. The Bertz CT molecular complexity index is 576. The first-order valence-corrected chi connectivity index (χ1v) is 8.85. The Morgan fingerprint density at radius 2 is 1.91 bits per heavy atom. The van der Waals surface area contributed by atoms with Crippen LogP contribution < -0.4 is 15.4 Å². The van der Waals surface area contributed by atoms with Crippen LogP contribution in [-0.4, -0.2) is 34.2 Å². The number of para-hydroxylation sites is 1. The van der Waals surface area contributed by atoms with Crippen molar-refractivity contribution in [2.24, 2.45) is 4.99 Å². The van der Waals surface area contributed by atoms with Crippen molar-refractivity contribution in [1.29, 1.82) is 0 Å². The minimum absolute atomic E-state index is 0. The molecule has 0 atom stereocenters. The maximum absolute atomic E-state index is 11.4. The number of hydrogen-bond acceptors (Lipinski definition) is 3. The summed E-state index contributed by atoms with van der Waals surface area (Å²) in [6, 6.07) is 7.29. The summed E-state index contributed by atoms with van der Waals surface area (Å²) in [7, 11) is -1.57. The molecule has 0 spiro atoms. The van der Waals surface area contributed by atoms with E-state index in [2.05, 4.69) is 27.3 Å². The molecule has 1 rings (SSSR count). The number of unbranched alkanes of at least 4 members (excludes halogenated alkanes) is 1. The summed E-state index contributed by atoms with van der Waals surface area (Å²) in [6.07, 6.45) is 3.33. The second-order valence-corrected chi connectivity index (χ2v) is 6.49. The number of nitrogens with zero attached hydrogens (tertiary/aromatic N) is 1. The average molecular weight is 440 g/mol. The third-order valence-corrected chi connectivity index (χ3v) is 3.40. The monoisotopic (exact) mass is 440 g/mol. The molecule has 0 fully saturated rings. The standard InChI is InChI=1S/C14H24N4O2S.HI/c1-4-5-10-16-14(15-2)17-11-12-8-6-7-9-13(12)18-21(3,19)20;/h6-9,18H,4-5,10-11H2,1-3H3,(H2,15,16,17);1H. The number of sulfonamides is 1. The molecular weight excluding hydrogens is 415 g/mol. The van der Waals surface area contributed by atoms with Crippen LogP contribution >= 0.6 is 24.0 Å². The van der Waals surface area contributed by atoms with Crippen molar-refractivity contribution in [3.63, 3.8) is 0 Å². The van der Waals surface area contributed by atoms with Gasteiger partial charge >= 0.3 is 0 Å². The van der Waals surface area contributed by atoms with Gasteiger partial charge in [0.2, 0.25) is 10.0 Å². The second kappa shape index (κ2) is 10.7. The van der Waals surface area contributed by atoms with Crippen molar-refractivity contribution < 1.29 is 8.42 Å². The van der Waals surface area contributed by atoms with Crippen LogP contribution in [-0.2, 0) is 16.6 Å². The molecule has 126 valence electrons. The molecular formula is C14H25IN4O2S. The Balaban J connectivity index is 0.00000441. The van der Waals surface area contributed by atoms with E-state index in [1.165, 1.54) is 0 Å². The number of halogens is 1. The number of anilines is 1. The molecule has 3 N–H and O–H groups in total. The van der Waals surface area contributed by atoms with Gasteiger partial charge in [-0.25, -0.2) is 8.42 Å². The molecule has 22 heavy (non-hydrogen) atoms. The largest absolute Gasteiger partial charge is 0.356 e. The van der Waals surface area contributed by atoms with Gasteiger partial charge in [0.25, 0.3) is 0 Å². The van der Waals surface area contributed by atoms with E-state index in [0.717, 1.165) is 31.2 Å². The van der Waals surface area contributed by atoms with Crippen LogP contribution in [0.5, 0.6) is 0 Å². The molecule has 6 nitrogen and oxygen atoms in total. The lowest BCUT2D eigenvalue weighted by Crippen LogP contribution is -2.37. The topological polar surface area (TPSA) is 82.6 Å². The van der Waals surface area contributed by atoms with E-state index in [4.69, 9.17) is 0 Å². The zero-order chi connectivity index (χ0) is 15.7. The lowest BCUT2D eigenvalue weighted by Gasteiger charge is -2.14. The number of guanidine groups is 1. The summed E-state index contributed by atoms with van der Waals surface area (Å²) in [6.45, 7) is 3.48. The predicted octanol–water partition coefficient (Wildman–Crippen LogP) is 2.14. The molecule has 8 heteroatoms. The molecule has 0 aromatic heterocycles. The Kier molecular flexibility index (Phi) is 10.2. The van der Waals surface area contributed by atoms with Crippen LogP contribution in [0.1, 0.15) is 25.3 Å². The maximum Gasteiger partial charge on any atom is 0.229 e. The van der Waals surface area contributed by atoms with Gasteiger partial charge in [-0.05, 0) is 18.1 Å². The average Bonchev–Trinajstić information content (AvgIpc) is 2.42. The summed E-state index contributed by atoms with van der Waals surface area (Å²) in [5.74, 6) is 0.706. The van der Waals surface area contributed by atoms with E-state index in [1.54, 1.807) is 19.2 Å². The predicted molar refractivity (Wildman–Crippen MR) is 103 cm³/mol. The third kappa shape index (κ3) is 8.42. The van der Waals surface area contributed by atoms with Crippen LogP contribution in [0.2, 0.25) is 0 Å². The first-order chi connectivity index (χ1) is 9.96. The van der Waals surface area contributed by atoms with Crippen LogP contribution in [0.3, 0.4) is 0 Å². The van der Waals surface area contributed by atoms with Crippen molar-refractivity contribution in [3.8, 4) is 0 Å². The number of rotatable bonds is 7. The van der Waals surface area contributed by atoms with Gasteiger partial charge in [0, 0.05) is 20.1 Å². The van der Waals surface area contributed by atoms with E-state index < -0.39 is 10.0 Å². The van der Waals surface area contributed by atoms with E-state index >= 15 is 0 Å². The Morgan fingerprint density at radius 3 is 2.50 bits per heavy atom. The quantitative estimate of drug-likeness (QED) is 0.263. The SMILES string of the molecule is CCCCNC(=NC)NCc1ccccc1NS(C)(=O)=O.I. The molecule has 0 amide bonds. The highest BCUT2D eigenvalue weighted by molar-refractivity contribution is 14.0. The molecule has 0 radical (unpaired) electrons. The van der Waals surface area contributed by atoms with Gasteiger partial charge in [0.05, 0.1) is 11.9 Å². The normalized spacial score (nSPS) is 11.5. The van der Waals surface area contributed by atoms with Crippen molar-refractivity contribution >= 4 is 45.6 Å². The first kappa shape index (κ1) is 21.0. The van der Waals surface area contributed by atoms with Gasteiger partial charge in [-0.1, -0.05) is 31.5 Å². The Hall–Kier alpha value is -1.03. The van der Waals surface area contributed by atoms with Crippen LogP contribution in [0.15, 0.2) is 29.3 Å². The number of aliphatic imine (C=N–C) groups is 1. The Labute approximate surface area is 150 Å². The van der Waals surface area contributed by atoms with Crippen molar-refractivity contribution in [1.82, 2.24) is 10.6 Å². The van der Waals surface area contributed by atoms with Crippen molar-refractivity contribution in [2.45, 2.75) is 26.3 Å². The molecule has 0 saturated heterocycles. The van der Waals surface area contributed by atoms with E-state index in [9.17, 15) is 8.42 Å². The van der Waals surface area contributed by atoms with Gasteiger partial charge in [0.15, 0.2) is 5.96 Å². The van der Waals surface area contributed by atoms with E-state index in [0.29, 0.717) is 18.2 Å². The smallest absolute Gasteiger partial charge is 0.229 e. The van der Waals surface area contributed by atoms with Crippen LogP contribution in [0, 0.1) is 0 Å². The number of nitrogens with one attached hydrogen (secondary N) is 3. The highest BCUT2D eigenvalue weighted by Gasteiger charge is 2.07. The minimum Gasteiger partial charge on any atom is -0.356 e. The third-order valence-electron chi connectivity index (χ3n) is 2.81. The van der Waals surface area contributed by atoms with Gasteiger partial charge in [-0.2, -0.15) is 0 Å². The molecule has 0 unspecified atom stereocenters. The molecule has 1 aromatic carbocycles. The fraction of sp³-hybridized carbons (Fsp3) is 0.500. The lowest BCUT2D eigenvalue weighted by molar-refractivity contribution is 0.606. The zero-order valence-electron chi connectivity index (χ0n) is 13.2. The van der Waals surface area contributed by atoms with Gasteiger partial charge < -0.3 is 10.6 Å². The summed E-state index contributed by atoms with van der Waals surface area (Å²) >= 11 is 0. The van der Waals surface area contributed by atoms with Crippen LogP contribution in [0.4, 0.5) is 5.69 Å². The van der Waals surface area contributed by atoms with E-state index in [1.807, 2.05) is 12.1 Å².